The molecule has 1 aliphatic rings. The highest BCUT2D eigenvalue weighted by atomic mass is 16.7. The van der Waals surface area contributed by atoms with Crippen molar-refractivity contribution in [2.45, 2.75) is 71.1 Å². The molecule has 1 fully saturated rings. The molecule has 0 aromatic carbocycles. The van der Waals surface area contributed by atoms with Crippen molar-refractivity contribution in [2.24, 2.45) is 5.41 Å². The zero-order valence-corrected chi connectivity index (χ0v) is 18.0. The smallest absolute Gasteiger partial charge is 0.330 e. The number of hydrogen-bond acceptors (Lipinski definition) is 8. The van der Waals surface area contributed by atoms with Crippen molar-refractivity contribution in [1.29, 1.82) is 0 Å². The van der Waals surface area contributed by atoms with E-state index in [0.29, 0.717) is 24.7 Å². The van der Waals surface area contributed by atoms with Gasteiger partial charge in [-0.25, -0.2) is 4.79 Å². The molecule has 1 aliphatic heterocycles. The Morgan fingerprint density at radius 1 is 1.38 bits per heavy atom. The number of allylic oxidation sites excluding steroid dienone is 1. The molecule has 1 N–H and O–H groups in total. The van der Waals surface area contributed by atoms with Crippen molar-refractivity contribution in [1.82, 2.24) is 0 Å². The molecule has 0 aliphatic carbocycles. The first-order chi connectivity index (χ1) is 13.6. The van der Waals surface area contributed by atoms with Crippen LogP contribution in [0, 0.1) is 5.41 Å². The van der Waals surface area contributed by atoms with Gasteiger partial charge in [0.1, 0.15) is 6.29 Å². The lowest BCUT2D eigenvalue weighted by molar-refractivity contribution is -0.337. The molecule has 8 heteroatoms. The number of esters is 2. The van der Waals surface area contributed by atoms with Gasteiger partial charge >= 0.3 is 11.9 Å². The molecule has 1 saturated heterocycles. The first-order valence-corrected chi connectivity index (χ1v) is 9.56. The number of aliphatic hydroxyl groups excluding tert-OH is 1. The minimum Gasteiger partial charge on any atom is -0.466 e. The van der Waals surface area contributed by atoms with Gasteiger partial charge in [-0.2, -0.15) is 0 Å². The summed E-state index contributed by atoms with van der Waals surface area (Å²) in [6.07, 6.45) is 3.64. The van der Waals surface area contributed by atoms with E-state index in [-0.39, 0.29) is 6.42 Å². The van der Waals surface area contributed by atoms with Crippen LogP contribution in [0.25, 0.3) is 0 Å². The predicted molar refractivity (Wildman–Crippen MR) is 105 cm³/mol. The van der Waals surface area contributed by atoms with Crippen molar-refractivity contribution in [3.63, 3.8) is 0 Å². The maximum Gasteiger partial charge on any atom is 0.330 e. The van der Waals surface area contributed by atoms with Crippen LogP contribution in [0.3, 0.4) is 0 Å². The van der Waals surface area contributed by atoms with Crippen molar-refractivity contribution in [3.8, 4) is 0 Å². The van der Waals surface area contributed by atoms with E-state index in [4.69, 9.17) is 18.9 Å². The van der Waals surface area contributed by atoms with E-state index in [1.54, 1.807) is 19.9 Å². The summed E-state index contributed by atoms with van der Waals surface area (Å²) < 4.78 is 22.4. The van der Waals surface area contributed by atoms with Crippen molar-refractivity contribution in [3.05, 3.63) is 23.8 Å². The summed E-state index contributed by atoms with van der Waals surface area (Å²) in [5.41, 5.74) is -0.505. The van der Waals surface area contributed by atoms with Crippen LogP contribution in [0.15, 0.2) is 23.8 Å². The molecular formula is C21H32O8. The summed E-state index contributed by atoms with van der Waals surface area (Å²) in [6.45, 7) is 6.63. The van der Waals surface area contributed by atoms with E-state index in [0.717, 1.165) is 0 Å². The molecule has 0 aromatic heterocycles. The average Bonchev–Trinajstić information content (AvgIpc) is 2.67. The lowest BCUT2D eigenvalue weighted by Crippen LogP contribution is -2.63. The quantitative estimate of drug-likeness (QED) is 0.348. The Hall–Kier alpha value is -2.03. The first kappa shape index (κ1) is 25.0. The third-order valence-corrected chi connectivity index (χ3v) is 5.07. The fourth-order valence-electron chi connectivity index (χ4n) is 3.53. The maximum atomic E-state index is 12.0. The molecule has 164 valence electrons. The number of aliphatic hydroxyl groups is 1. The van der Waals surface area contributed by atoms with Crippen LogP contribution in [-0.2, 0) is 33.3 Å². The topological polar surface area (TPSA) is 108 Å². The lowest BCUT2D eigenvalue weighted by atomic mass is 9.74. The van der Waals surface area contributed by atoms with Crippen LogP contribution < -0.4 is 0 Å². The number of carbonyl (C=O) groups is 3. The van der Waals surface area contributed by atoms with Crippen LogP contribution in [0.5, 0.6) is 0 Å². The molecule has 1 unspecified atom stereocenters. The molecular weight excluding hydrogens is 380 g/mol. The van der Waals surface area contributed by atoms with Gasteiger partial charge in [0.25, 0.3) is 0 Å². The molecule has 0 aromatic rings. The third-order valence-electron chi connectivity index (χ3n) is 5.07. The van der Waals surface area contributed by atoms with Gasteiger partial charge in [0.15, 0.2) is 6.10 Å². The van der Waals surface area contributed by atoms with Crippen LogP contribution in [-0.4, -0.2) is 61.6 Å². The highest BCUT2D eigenvalue weighted by molar-refractivity contribution is 5.83. The van der Waals surface area contributed by atoms with E-state index in [1.807, 2.05) is 6.92 Å². The van der Waals surface area contributed by atoms with Gasteiger partial charge in [0, 0.05) is 25.5 Å². The Morgan fingerprint density at radius 3 is 2.52 bits per heavy atom. The molecule has 0 radical (unpaired) electrons. The van der Waals surface area contributed by atoms with Gasteiger partial charge in [-0.15, -0.1) is 0 Å². The fraction of sp³-hybridized carbons (Fsp3) is 0.667. The van der Waals surface area contributed by atoms with Crippen molar-refractivity contribution >= 4 is 18.2 Å². The van der Waals surface area contributed by atoms with Gasteiger partial charge in [0.05, 0.1) is 19.3 Å². The molecule has 0 amide bonds. The second-order valence-corrected chi connectivity index (χ2v) is 7.56. The second kappa shape index (κ2) is 10.7. The Bertz CT molecular complexity index is 651. The molecule has 4 atom stereocenters. The zero-order valence-electron chi connectivity index (χ0n) is 18.0. The number of rotatable bonds is 9. The van der Waals surface area contributed by atoms with Gasteiger partial charge in [-0.05, 0) is 30.9 Å². The van der Waals surface area contributed by atoms with Crippen LogP contribution in [0.2, 0.25) is 0 Å². The van der Waals surface area contributed by atoms with Crippen LogP contribution in [0.4, 0.5) is 0 Å². The summed E-state index contributed by atoms with van der Waals surface area (Å²) in [5, 5.41) is 10.1. The van der Waals surface area contributed by atoms with E-state index < -0.39 is 41.5 Å². The summed E-state index contributed by atoms with van der Waals surface area (Å²) in [5.74, 6) is -2.74. The second-order valence-electron chi connectivity index (χ2n) is 7.56. The highest BCUT2D eigenvalue weighted by Gasteiger charge is 2.58. The van der Waals surface area contributed by atoms with E-state index in [1.165, 1.54) is 33.3 Å². The van der Waals surface area contributed by atoms with Crippen molar-refractivity contribution < 1.29 is 38.4 Å². The number of methoxy groups -OCH3 is 2. The Morgan fingerprint density at radius 2 is 2.03 bits per heavy atom. The van der Waals surface area contributed by atoms with Gasteiger partial charge in [-0.1, -0.05) is 26.8 Å². The van der Waals surface area contributed by atoms with E-state index in [9.17, 15) is 19.5 Å². The number of ether oxygens (including phenoxy) is 4. The standard InChI is InChI=1S/C21H32O8/c1-7-16(24)13-17-11-15(12-18(25)26-5)19(28-14(2)23)21(27-6,29-17)20(3,4)9-8-10-22/h8-10,12,16-17,19,24H,7,11,13H2,1-6H3/b9-8+,15-12+/t16-,17?,19-,21+/m0/s1. The Kier molecular flexibility index (Phi) is 9.19. The largest absolute Gasteiger partial charge is 0.466 e. The normalized spacial score (nSPS) is 27.6. The summed E-state index contributed by atoms with van der Waals surface area (Å²) in [7, 11) is 2.65. The molecule has 1 heterocycles. The molecule has 0 spiro atoms. The third kappa shape index (κ3) is 5.98. The van der Waals surface area contributed by atoms with Crippen LogP contribution in [0.1, 0.15) is 47.0 Å². The molecule has 0 bridgehead atoms. The number of aldehydes is 1. The zero-order chi connectivity index (χ0) is 22.2. The maximum absolute atomic E-state index is 12.0. The monoisotopic (exact) mass is 412 g/mol. The lowest BCUT2D eigenvalue weighted by Gasteiger charge is -2.52. The molecule has 0 saturated carbocycles. The van der Waals surface area contributed by atoms with Crippen LogP contribution >= 0.6 is 0 Å². The van der Waals surface area contributed by atoms with Gasteiger partial charge in [0.2, 0.25) is 5.79 Å². The molecule has 29 heavy (non-hydrogen) atoms. The summed E-state index contributed by atoms with van der Waals surface area (Å²) in [4.78, 5) is 34.8. The Labute approximate surface area is 171 Å². The summed E-state index contributed by atoms with van der Waals surface area (Å²) in [6, 6.07) is 0. The SMILES string of the molecule is CC[C@H](O)CC1C/C(=C\C(=O)OC)[C@H](OC(C)=O)[C@](OC)(C(C)(C)/C=C/C=O)O1. The van der Waals surface area contributed by atoms with Gasteiger partial charge in [-0.3, -0.25) is 9.59 Å². The number of hydrogen-bond donors (Lipinski definition) is 1. The first-order valence-electron chi connectivity index (χ1n) is 9.56. The minimum atomic E-state index is -1.55. The number of carbonyl (C=O) groups excluding carboxylic acids is 3. The highest BCUT2D eigenvalue weighted by Crippen LogP contribution is 2.48. The fourth-order valence-corrected chi connectivity index (χ4v) is 3.53. The van der Waals surface area contributed by atoms with E-state index >= 15 is 0 Å². The predicted octanol–water partition coefficient (Wildman–Crippen LogP) is 2.09. The Balaban J connectivity index is 3.61. The minimum absolute atomic E-state index is 0.239. The van der Waals surface area contributed by atoms with Crippen molar-refractivity contribution in [2.75, 3.05) is 14.2 Å². The van der Waals surface area contributed by atoms with E-state index in [2.05, 4.69) is 0 Å². The average molecular weight is 412 g/mol. The van der Waals surface area contributed by atoms with Gasteiger partial charge < -0.3 is 24.1 Å². The molecule has 1 rings (SSSR count). The summed E-state index contributed by atoms with van der Waals surface area (Å²) >= 11 is 0. The molecule has 8 nitrogen and oxygen atoms in total.